The summed E-state index contributed by atoms with van der Waals surface area (Å²) in [6.07, 6.45) is 1.56. The van der Waals surface area contributed by atoms with Crippen LogP contribution in [0.4, 0.5) is 0 Å². The summed E-state index contributed by atoms with van der Waals surface area (Å²) in [6, 6.07) is 0.361. The van der Waals surface area contributed by atoms with E-state index >= 15 is 0 Å². The van der Waals surface area contributed by atoms with Gasteiger partial charge in [0.25, 0.3) is 5.91 Å². The van der Waals surface area contributed by atoms with E-state index in [-0.39, 0.29) is 13.0 Å². The molecule has 1 atom stereocenters. The average Bonchev–Trinajstić information content (AvgIpc) is 2.69. The van der Waals surface area contributed by atoms with Crippen LogP contribution in [0.5, 0.6) is 0 Å². The molecule has 1 amide bonds. The fourth-order valence-electron chi connectivity index (χ4n) is 1.55. The number of rotatable bonds is 6. The lowest BCUT2D eigenvalue weighted by Crippen LogP contribution is -2.42. The molecule has 0 bridgehead atoms. The third-order valence-electron chi connectivity index (χ3n) is 2.46. The highest BCUT2D eigenvalue weighted by Crippen LogP contribution is 2.14. The van der Waals surface area contributed by atoms with Gasteiger partial charge in [0.2, 0.25) is 0 Å². The van der Waals surface area contributed by atoms with Crippen LogP contribution in [0.3, 0.4) is 0 Å². The lowest BCUT2D eigenvalue weighted by atomic mass is 10.2. The highest BCUT2D eigenvalue weighted by molar-refractivity contribution is 6.31. The highest BCUT2D eigenvalue weighted by Gasteiger charge is 2.21. The summed E-state index contributed by atoms with van der Waals surface area (Å²) in [7, 11) is 0. The molecule has 0 saturated carbocycles. The molecule has 0 aliphatic carbocycles. The first-order valence-corrected chi connectivity index (χ1v) is 5.87. The van der Waals surface area contributed by atoms with Gasteiger partial charge in [0.15, 0.2) is 0 Å². The maximum Gasteiger partial charge on any atom is 0.326 e. The van der Waals surface area contributed by atoms with Gasteiger partial charge >= 0.3 is 5.97 Å². The van der Waals surface area contributed by atoms with Crippen LogP contribution in [0.25, 0.3) is 0 Å². The Balaban J connectivity index is 2.83. The second-order valence-electron chi connectivity index (χ2n) is 3.71. The number of nitrogens with zero attached hydrogens (tertiary/aromatic N) is 1. The normalized spacial score (nSPS) is 12.2. The van der Waals surface area contributed by atoms with Crippen LogP contribution in [0.15, 0.2) is 12.3 Å². The van der Waals surface area contributed by atoms with Gasteiger partial charge in [0, 0.05) is 25.8 Å². The average molecular weight is 275 g/mol. The molecule has 0 aliphatic heterocycles. The molecule has 0 saturated heterocycles. The molecule has 1 aromatic rings. The standard InChI is InChI=1S/C11H15ClN2O4/c1-2-14-6-7(12)5-9(14)10(16)13-8(3-4-15)11(17)18/h5-6,8,15H,2-4H2,1H3,(H,13,16)(H,17,18). The van der Waals surface area contributed by atoms with Crippen molar-refractivity contribution in [2.45, 2.75) is 25.9 Å². The van der Waals surface area contributed by atoms with Crippen molar-refractivity contribution in [1.29, 1.82) is 0 Å². The lowest BCUT2D eigenvalue weighted by molar-refractivity contribution is -0.139. The number of aliphatic hydroxyl groups is 1. The lowest BCUT2D eigenvalue weighted by Gasteiger charge is -2.13. The molecule has 6 nitrogen and oxygen atoms in total. The first-order valence-electron chi connectivity index (χ1n) is 5.49. The molecular formula is C11H15ClN2O4. The quantitative estimate of drug-likeness (QED) is 0.713. The third kappa shape index (κ3) is 3.48. The topological polar surface area (TPSA) is 91.6 Å². The molecule has 100 valence electrons. The summed E-state index contributed by atoms with van der Waals surface area (Å²) >= 11 is 5.79. The Bertz CT molecular complexity index is 444. The van der Waals surface area contributed by atoms with Crippen molar-refractivity contribution in [2.75, 3.05) is 6.61 Å². The summed E-state index contributed by atoms with van der Waals surface area (Å²) in [6.45, 7) is 2.08. The number of aliphatic carboxylic acids is 1. The van der Waals surface area contributed by atoms with Gasteiger partial charge in [-0.15, -0.1) is 0 Å². The number of aromatic nitrogens is 1. The molecule has 0 radical (unpaired) electrons. The predicted octanol–water partition coefficient (Wildman–Crippen LogP) is 0.727. The summed E-state index contributed by atoms with van der Waals surface area (Å²) in [5, 5.41) is 20.4. The molecule has 0 aromatic carbocycles. The third-order valence-corrected chi connectivity index (χ3v) is 2.66. The number of aliphatic hydroxyl groups excluding tert-OH is 1. The molecule has 0 aliphatic rings. The Labute approximate surface area is 109 Å². The molecule has 1 heterocycles. The van der Waals surface area contributed by atoms with Gasteiger partial charge < -0.3 is 20.1 Å². The van der Waals surface area contributed by atoms with Gasteiger partial charge in [-0.25, -0.2) is 4.79 Å². The van der Waals surface area contributed by atoms with Crippen LogP contribution in [0.1, 0.15) is 23.8 Å². The fraction of sp³-hybridized carbons (Fsp3) is 0.455. The van der Waals surface area contributed by atoms with Crippen LogP contribution in [0.2, 0.25) is 5.02 Å². The number of carboxylic acid groups (broad SMARTS) is 1. The Morgan fingerprint density at radius 3 is 2.72 bits per heavy atom. The molecule has 0 spiro atoms. The zero-order valence-corrected chi connectivity index (χ0v) is 10.6. The maximum atomic E-state index is 11.9. The Morgan fingerprint density at radius 2 is 2.22 bits per heavy atom. The number of carbonyl (C=O) groups is 2. The minimum atomic E-state index is -1.18. The van der Waals surface area contributed by atoms with Crippen molar-refractivity contribution in [2.24, 2.45) is 0 Å². The van der Waals surface area contributed by atoms with Gasteiger partial charge in [-0.05, 0) is 13.0 Å². The smallest absolute Gasteiger partial charge is 0.326 e. The van der Waals surface area contributed by atoms with E-state index in [0.717, 1.165) is 0 Å². The monoisotopic (exact) mass is 274 g/mol. The van der Waals surface area contributed by atoms with Crippen LogP contribution >= 0.6 is 11.6 Å². The number of amides is 1. The summed E-state index contributed by atoms with van der Waals surface area (Å²) in [4.78, 5) is 22.7. The number of halogens is 1. The second kappa shape index (κ2) is 6.42. The molecule has 1 rings (SSSR count). The van der Waals surface area contributed by atoms with Crippen LogP contribution in [-0.4, -0.2) is 39.3 Å². The number of hydrogen-bond acceptors (Lipinski definition) is 3. The SMILES string of the molecule is CCn1cc(Cl)cc1C(=O)NC(CCO)C(=O)O. The zero-order valence-electron chi connectivity index (χ0n) is 9.89. The molecule has 1 aromatic heterocycles. The molecule has 1 unspecified atom stereocenters. The van der Waals surface area contributed by atoms with E-state index in [2.05, 4.69) is 5.32 Å². The maximum absolute atomic E-state index is 11.9. The fourth-order valence-corrected chi connectivity index (χ4v) is 1.77. The summed E-state index contributed by atoms with van der Waals surface area (Å²) < 4.78 is 1.62. The Hall–Kier alpha value is -1.53. The molecule has 18 heavy (non-hydrogen) atoms. The van der Waals surface area contributed by atoms with Gasteiger partial charge in [-0.2, -0.15) is 0 Å². The van der Waals surface area contributed by atoms with E-state index in [9.17, 15) is 9.59 Å². The van der Waals surface area contributed by atoms with Gasteiger partial charge in [-0.3, -0.25) is 4.79 Å². The largest absolute Gasteiger partial charge is 0.480 e. The van der Waals surface area contributed by atoms with Gasteiger partial charge in [0.1, 0.15) is 11.7 Å². The van der Waals surface area contributed by atoms with E-state index in [1.165, 1.54) is 6.07 Å². The molecule has 7 heteroatoms. The first kappa shape index (κ1) is 14.5. The van der Waals surface area contributed by atoms with Crippen LogP contribution < -0.4 is 5.32 Å². The van der Waals surface area contributed by atoms with Crippen molar-refractivity contribution < 1.29 is 19.8 Å². The van der Waals surface area contributed by atoms with Crippen molar-refractivity contribution in [3.05, 3.63) is 23.0 Å². The predicted molar refractivity (Wildman–Crippen MR) is 65.7 cm³/mol. The number of nitrogens with one attached hydrogen (secondary N) is 1. The number of carbonyl (C=O) groups excluding carboxylic acids is 1. The van der Waals surface area contributed by atoms with Gasteiger partial charge in [-0.1, -0.05) is 11.6 Å². The highest BCUT2D eigenvalue weighted by atomic mass is 35.5. The Morgan fingerprint density at radius 1 is 1.56 bits per heavy atom. The van der Waals surface area contributed by atoms with E-state index < -0.39 is 17.9 Å². The van der Waals surface area contributed by atoms with E-state index in [4.69, 9.17) is 21.8 Å². The zero-order chi connectivity index (χ0) is 13.7. The molecule has 3 N–H and O–H groups in total. The Kier molecular flexibility index (Phi) is 5.18. The van der Waals surface area contributed by atoms with E-state index in [1.807, 2.05) is 6.92 Å². The minimum absolute atomic E-state index is 0.0400. The van der Waals surface area contributed by atoms with Crippen LogP contribution in [-0.2, 0) is 11.3 Å². The van der Waals surface area contributed by atoms with Crippen molar-refractivity contribution >= 4 is 23.5 Å². The number of hydrogen-bond donors (Lipinski definition) is 3. The van der Waals surface area contributed by atoms with E-state index in [1.54, 1.807) is 10.8 Å². The van der Waals surface area contributed by atoms with Crippen molar-refractivity contribution in [3.8, 4) is 0 Å². The summed E-state index contributed by atoms with van der Waals surface area (Å²) in [5.74, 6) is -1.71. The van der Waals surface area contributed by atoms with Crippen molar-refractivity contribution in [1.82, 2.24) is 9.88 Å². The minimum Gasteiger partial charge on any atom is -0.480 e. The van der Waals surface area contributed by atoms with E-state index in [0.29, 0.717) is 17.3 Å². The number of carboxylic acids is 1. The number of aryl methyl sites for hydroxylation is 1. The first-order chi connectivity index (χ1) is 8.49. The van der Waals surface area contributed by atoms with Crippen molar-refractivity contribution in [3.63, 3.8) is 0 Å². The van der Waals surface area contributed by atoms with Gasteiger partial charge in [0.05, 0.1) is 5.02 Å². The van der Waals surface area contributed by atoms with Crippen LogP contribution in [0, 0.1) is 0 Å². The summed E-state index contributed by atoms with van der Waals surface area (Å²) in [5.41, 5.74) is 0.298. The molecule has 0 fully saturated rings. The molecular weight excluding hydrogens is 260 g/mol. The second-order valence-corrected chi connectivity index (χ2v) is 4.14.